The highest BCUT2D eigenvalue weighted by Gasteiger charge is 2.16. The van der Waals surface area contributed by atoms with Gasteiger partial charge in [0.25, 0.3) is 0 Å². The van der Waals surface area contributed by atoms with Gasteiger partial charge in [0.05, 0.1) is 12.2 Å². The van der Waals surface area contributed by atoms with Crippen LogP contribution in [0.15, 0.2) is 0 Å². The summed E-state index contributed by atoms with van der Waals surface area (Å²) in [4.78, 5) is 26.9. The highest BCUT2D eigenvalue weighted by molar-refractivity contribution is 7.13. The topological polar surface area (TPSA) is 101 Å². The zero-order chi connectivity index (χ0) is 15.2. The van der Waals surface area contributed by atoms with Crippen LogP contribution in [-0.2, 0) is 11.3 Å². The van der Waals surface area contributed by atoms with Crippen molar-refractivity contribution in [2.45, 2.75) is 26.3 Å². The second-order valence-electron chi connectivity index (χ2n) is 4.96. The minimum absolute atomic E-state index is 0.216. The first-order valence-corrected chi connectivity index (χ1v) is 7.67. The molecule has 1 aliphatic rings. The third-order valence-electron chi connectivity index (χ3n) is 3.30. The van der Waals surface area contributed by atoms with E-state index in [2.05, 4.69) is 15.6 Å². The van der Waals surface area contributed by atoms with E-state index in [-0.39, 0.29) is 17.5 Å². The SMILES string of the molecule is Cc1nc(CNC(=O)NCCC2CCOC2)sc1C(=O)O. The van der Waals surface area contributed by atoms with Gasteiger partial charge in [0.2, 0.25) is 0 Å². The Balaban J connectivity index is 1.68. The molecule has 1 aromatic heterocycles. The number of aryl methyl sites for hydroxylation is 1. The molecule has 1 aromatic rings. The van der Waals surface area contributed by atoms with Crippen molar-refractivity contribution in [3.63, 3.8) is 0 Å². The van der Waals surface area contributed by atoms with Crippen molar-refractivity contribution in [1.82, 2.24) is 15.6 Å². The summed E-state index contributed by atoms with van der Waals surface area (Å²) >= 11 is 1.08. The molecule has 0 bridgehead atoms. The molecular formula is C13H19N3O4S. The maximum absolute atomic E-state index is 11.6. The zero-order valence-corrected chi connectivity index (χ0v) is 12.7. The molecule has 0 aliphatic carbocycles. The summed E-state index contributed by atoms with van der Waals surface area (Å²) in [5, 5.41) is 15.0. The van der Waals surface area contributed by atoms with E-state index in [0.29, 0.717) is 23.2 Å². The number of aromatic nitrogens is 1. The highest BCUT2D eigenvalue weighted by Crippen LogP contribution is 2.17. The molecule has 1 aliphatic heterocycles. The van der Waals surface area contributed by atoms with Gasteiger partial charge < -0.3 is 20.5 Å². The Kier molecular flexibility index (Phi) is 5.51. The summed E-state index contributed by atoms with van der Waals surface area (Å²) in [7, 11) is 0. The Bertz CT molecular complexity index is 512. The van der Waals surface area contributed by atoms with Crippen molar-refractivity contribution >= 4 is 23.3 Å². The van der Waals surface area contributed by atoms with E-state index in [1.807, 2.05) is 0 Å². The van der Waals surface area contributed by atoms with Gasteiger partial charge in [-0.2, -0.15) is 0 Å². The van der Waals surface area contributed by atoms with Crippen LogP contribution in [0.5, 0.6) is 0 Å². The van der Waals surface area contributed by atoms with Crippen LogP contribution in [0.2, 0.25) is 0 Å². The quantitative estimate of drug-likeness (QED) is 0.736. The fourth-order valence-electron chi connectivity index (χ4n) is 2.15. The first-order valence-electron chi connectivity index (χ1n) is 6.85. The number of carboxylic acid groups (broad SMARTS) is 1. The lowest BCUT2D eigenvalue weighted by Crippen LogP contribution is -2.36. The van der Waals surface area contributed by atoms with Crippen molar-refractivity contribution in [3.05, 3.63) is 15.6 Å². The molecule has 1 saturated heterocycles. The monoisotopic (exact) mass is 313 g/mol. The van der Waals surface area contributed by atoms with E-state index in [1.54, 1.807) is 6.92 Å². The smallest absolute Gasteiger partial charge is 0.347 e. The average molecular weight is 313 g/mol. The summed E-state index contributed by atoms with van der Waals surface area (Å²) in [6, 6.07) is -0.265. The minimum atomic E-state index is -0.987. The number of hydrogen-bond acceptors (Lipinski definition) is 5. The molecule has 1 unspecified atom stereocenters. The van der Waals surface area contributed by atoms with E-state index in [1.165, 1.54) is 0 Å². The van der Waals surface area contributed by atoms with E-state index in [9.17, 15) is 9.59 Å². The van der Waals surface area contributed by atoms with Gasteiger partial charge in [-0.1, -0.05) is 0 Å². The van der Waals surface area contributed by atoms with Crippen molar-refractivity contribution in [3.8, 4) is 0 Å². The maximum Gasteiger partial charge on any atom is 0.347 e. The number of aromatic carboxylic acids is 1. The Morgan fingerprint density at radius 2 is 2.29 bits per heavy atom. The molecule has 21 heavy (non-hydrogen) atoms. The van der Waals surface area contributed by atoms with E-state index >= 15 is 0 Å². The Morgan fingerprint density at radius 1 is 1.48 bits per heavy atom. The van der Waals surface area contributed by atoms with Gasteiger partial charge in [-0.3, -0.25) is 0 Å². The molecule has 0 aromatic carbocycles. The predicted octanol–water partition coefficient (Wildman–Crippen LogP) is 1.38. The van der Waals surface area contributed by atoms with Gasteiger partial charge in [0.15, 0.2) is 0 Å². The number of carbonyl (C=O) groups excluding carboxylic acids is 1. The van der Waals surface area contributed by atoms with E-state index in [0.717, 1.165) is 37.4 Å². The number of rotatable bonds is 6. The Labute approximate surface area is 126 Å². The molecule has 7 nitrogen and oxygen atoms in total. The molecule has 2 amide bonds. The maximum atomic E-state index is 11.6. The molecule has 116 valence electrons. The molecule has 8 heteroatoms. The fourth-order valence-corrected chi connectivity index (χ4v) is 2.99. The third-order valence-corrected chi connectivity index (χ3v) is 4.44. The van der Waals surface area contributed by atoms with Gasteiger partial charge >= 0.3 is 12.0 Å². The summed E-state index contributed by atoms with van der Waals surface area (Å²) in [5.74, 6) is -0.454. The van der Waals surface area contributed by atoms with Crippen LogP contribution >= 0.6 is 11.3 Å². The molecule has 0 spiro atoms. The lowest BCUT2D eigenvalue weighted by Gasteiger charge is -2.09. The number of carboxylic acids is 1. The first kappa shape index (κ1) is 15.7. The minimum Gasteiger partial charge on any atom is -0.477 e. The molecule has 2 heterocycles. The van der Waals surface area contributed by atoms with Gasteiger partial charge in [-0.25, -0.2) is 14.6 Å². The van der Waals surface area contributed by atoms with Crippen LogP contribution in [0.3, 0.4) is 0 Å². The number of ether oxygens (including phenoxy) is 1. The molecule has 2 rings (SSSR count). The Hall–Kier alpha value is -1.67. The normalized spacial score (nSPS) is 17.7. The average Bonchev–Trinajstić information content (AvgIpc) is 3.06. The Morgan fingerprint density at radius 3 is 2.90 bits per heavy atom. The highest BCUT2D eigenvalue weighted by atomic mass is 32.1. The molecule has 0 radical (unpaired) electrons. The van der Waals surface area contributed by atoms with E-state index < -0.39 is 5.97 Å². The number of thiazole rings is 1. The molecule has 1 fully saturated rings. The van der Waals surface area contributed by atoms with E-state index in [4.69, 9.17) is 9.84 Å². The van der Waals surface area contributed by atoms with Crippen LogP contribution < -0.4 is 10.6 Å². The zero-order valence-electron chi connectivity index (χ0n) is 11.8. The van der Waals surface area contributed by atoms with Crippen LogP contribution in [0, 0.1) is 12.8 Å². The van der Waals surface area contributed by atoms with Crippen molar-refractivity contribution < 1.29 is 19.4 Å². The molecule has 3 N–H and O–H groups in total. The number of nitrogens with one attached hydrogen (secondary N) is 2. The first-order chi connectivity index (χ1) is 10.1. The van der Waals surface area contributed by atoms with Crippen LogP contribution in [0.4, 0.5) is 4.79 Å². The van der Waals surface area contributed by atoms with Crippen LogP contribution in [-0.4, -0.2) is 41.8 Å². The fraction of sp³-hybridized carbons (Fsp3) is 0.615. The largest absolute Gasteiger partial charge is 0.477 e. The van der Waals surface area contributed by atoms with Gasteiger partial charge in [-0.05, 0) is 25.7 Å². The number of carbonyl (C=O) groups is 2. The van der Waals surface area contributed by atoms with Crippen molar-refractivity contribution in [2.75, 3.05) is 19.8 Å². The van der Waals surface area contributed by atoms with Crippen LogP contribution in [0.1, 0.15) is 33.2 Å². The second kappa shape index (κ2) is 7.37. The van der Waals surface area contributed by atoms with Gasteiger partial charge in [0, 0.05) is 19.8 Å². The molecule has 0 saturated carbocycles. The molecule has 1 atom stereocenters. The summed E-state index contributed by atoms with van der Waals surface area (Å²) < 4.78 is 5.27. The summed E-state index contributed by atoms with van der Waals surface area (Å²) in [6.07, 6.45) is 1.96. The number of amides is 2. The lowest BCUT2D eigenvalue weighted by atomic mass is 10.1. The number of urea groups is 1. The third kappa shape index (κ3) is 4.68. The van der Waals surface area contributed by atoms with Gasteiger partial charge in [-0.15, -0.1) is 11.3 Å². The second-order valence-corrected chi connectivity index (χ2v) is 6.04. The van der Waals surface area contributed by atoms with Gasteiger partial charge in [0.1, 0.15) is 9.88 Å². The molecular weight excluding hydrogens is 294 g/mol. The lowest BCUT2D eigenvalue weighted by molar-refractivity contribution is 0.0701. The number of nitrogens with zero attached hydrogens (tertiary/aromatic N) is 1. The summed E-state index contributed by atoms with van der Waals surface area (Å²) in [5.41, 5.74) is 0.478. The number of hydrogen-bond donors (Lipinski definition) is 3. The summed E-state index contributed by atoms with van der Waals surface area (Å²) in [6.45, 7) is 4.08. The van der Waals surface area contributed by atoms with Crippen LogP contribution in [0.25, 0.3) is 0 Å². The predicted molar refractivity (Wildman–Crippen MR) is 77.6 cm³/mol. The standard InChI is InChI=1S/C13H19N3O4S/c1-8-11(12(17)18)21-10(16-8)6-15-13(19)14-4-2-9-3-5-20-7-9/h9H,2-7H2,1H3,(H,17,18)(H2,14,15,19). The van der Waals surface area contributed by atoms with Crippen molar-refractivity contribution in [1.29, 1.82) is 0 Å². The van der Waals surface area contributed by atoms with Crippen molar-refractivity contribution in [2.24, 2.45) is 5.92 Å².